The quantitative estimate of drug-likeness (QED) is 0.530. The Hall–Kier alpha value is -1.96. The van der Waals surface area contributed by atoms with Gasteiger partial charge in [-0.2, -0.15) is 0 Å². The van der Waals surface area contributed by atoms with E-state index in [1.54, 1.807) is 30.2 Å². The fraction of sp³-hybridized carbons (Fsp3) is 0.333. The number of methoxy groups -OCH3 is 1. The summed E-state index contributed by atoms with van der Waals surface area (Å²) in [4.78, 5) is 22.6. The first-order chi connectivity index (χ1) is 14.0. The Labute approximate surface area is 183 Å². The minimum absolute atomic E-state index is 0.184. The Morgan fingerprint density at radius 2 is 1.90 bits per heavy atom. The normalized spacial score (nSPS) is 14.4. The molecular weight excluding hydrogens is 426 g/mol. The molecule has 0 saturated carbocycles. The van der Waals surface area contributed by atoms with Gasteiger partial charge in [0, 0.05) is 31.1 Å². The van der Waals surface area contributed by atoms with Crippen LogP contribution in [0.3, 0.4) is 0 Å². The van der Waals surface area contributed by atoms with E-state index in [1.165, 1.54) is 5.56 Å². The second-order valence-corrected chi connectivity index (χ2v) is 9.33. The summed E-state index contributed by atoms with van der Waals surface area (Å²) in [7, 11) is 1.64. The minimum atomic E-state index is 0.184. The van der Waals surface area contributed by atoms with Crippen LogP contribution in [0.1, 0.15) is 5.56 Å². The van der Waals surface area contributed by atoms with Crippen molar-refractivity contribution in [2.75, 3.05) is 43.9 Å². The predicted octanol–water partition coefficient (Wildman–Crippen LogP) is 4.71. The summed E-state index contributed by atoms with van der Waals surface area (Å²) < 4.78 is 6.35. The molecule has 0 aliphatic carbocycles. The highest BCUT2D eigenvalue weighted by Gasteiger charge is 2.24. The number of anilines is 1. The number of thioether (sulfide) groups is 1. The lowest BCUT2D eigenvalue weighted by Crippen LogP contribution is -2.49. The van der Waals surface area contributed by atoms with E-state index in [-0.39, 0.29) is 5.91 Å². The van der Waals surface area contributed by atoms with Crippen LogP contribution in [0.15, 0.2) is 41.3 Å². The van der Waals surface area contributed by atoms with Gasteiger partial charge in [-0.15, -0.1) is 11.8 Å². The second kappa shape index (κ2) is 8.81. The summed E-state index contributed by atoms with van der Waals surface area (Å²) in [5, 5.41) is 1.61. The number of carbonyl (C=O) groups is 1. The Kier molecular flexibility index (Phi) is 6.18. The summed E-state index contributed by atoms with van der Waals surface area (Å²) in [6.07, 6.45) is 0. The average Bonchev–Trinajstić information content (AvgIpc) is 3.20. The van der Waals surface area contributed by atoms with Gasteiger partial charge in [-0.05, 0) is 31.2 Å². The molecule has 1 aliphatic rings. The number of carbonyl (C=O) groups excluding carboxylic acids is 1. The number of piperazine rings is 1. The maximum absolute atomic E-state index is 12.6. The van der Waals surface area contributed by atoms with E-state index in [0.717, 1.165) is 39.1 Å². The molecule has 1 aliphatic heterocycles. The van der Waals surface area contributed by atoms with Gasteiger partial charge in [0.15, 0.2) is 5.13 Å². The average molecular weight is 448 g/mol. The number of nitrogens with zero attached hydrogens (tertiary/aromatic N) is 3. The van der Waals surface area contributed by atoms with E-state index in [4.69, 9.17) is 21.3 Å². The van der Waals surface area contributed by atoms with Crippen LogP contribution in [0.2, 0.25) is 5.02 Å². The Bertz CT molecular complexity index is 1010. The number of ether oxygens (including phenoxy) is 1. The van der Waals surface area contributed by atoms with E-state index in [9.17, 15) is 4.79 Å². The van der Waals surface area contributed by atoms with Gasteiger partial charge in [0.2, 0.25) is 5.91 Å². The fourth-order valence-electron chi connectivity index (χ4n) is 3.26. The first-order valence-electron chi connectivity index (χ1n) is 9.40. The van der Waals surface area contributed by atoms with Crippen molar-refractivity contribution in [3.63, 3.8) is 0 Å². The van der Waals surface area contributed by atoms with Crippen LogP contribution in [-0.4, -0.2) is 54.8 Å². The van der Waals surface area contributed by atoms with Crippen molar-refractivity contribution < 1.29 is 9.53 Å². The standard InChI is InChI=1S/C21H22ClN3O2S2/c1-14-3-5-15(6-4-14)28-13-18(26)24-9-11-25(12-10-24)21-23-19-17(27-2)8-7-16(22)20(19)29-21/h3-8H,9-13H2,1-2H3. The van der Waals surface area contributed by atoms with Gasteiger partial charge in [-0.25, -0.2) is 4.98 Å². The largest absolute Gasteiger partial charge is 0.494 e. The number of aromatic nitrogens is 1. The van der Waals surface area contributed by atoms with Crippen molar-refractivity contribution in [3.8, 4) is 5.75 Å². The van der Waals surface area contributed by atoms with Crippen molar-refractivity contribution in [3.05, 3.63) is 47.0 Å². The summed E-state index contributed by atoms with van der Waals surface area (Å²) in [6.45, 7) is 5.00. The first-order valence-corrected chi connectivity index (χ1v) is 11.6. The Morgan fingerprint density at radius 1 is 1.17 bits per heavy atom. The molecule has 1 aromatic heterocycles. The van der Waals surface area contributed by atoms with Crippen LogP contribution >= 0.6 is 34.7 Å². The molecular formula is C21H22ClN3O2S2. The predicted molar refractivity (Wildman–Crippen MR) is 122 cm³/mol. The highest BCUT2D eigenvalue weighted by molar-refractivity contribution is 8.00. The number of fused-ring (bicyclic) bond motifs is 1. The fourth-order valence-corrected chi connectivity index (χ4v) is 5.37. The smallest absolute Gasteiger partial charge is 0.233 e. The molecule has 1 amide bonds. The molecule has 0 spiro atoms. The summed E-state index contributed by atoms with van der Waals surface area (Å²) in [5.41, 5.74) is 2.03. The Balaban J connectivity index is 1.36. The molecule has 3 aromatic rings. The molecule has 29 heavy (non-hydrogen) atoms. The topological polar surface area (TPSA) is 45.7 Å². The van der Waals surface area contributed by atoms with E-state index < -0.39 is 0 Å². The summed E-state index contributed by atoms with van der Waals surface area (Å²) in [6, 6.07) is 12.0. The third kappa shape index (κ3) is 4.47. The lowest BCUT2D eigenvalue weighted by Gasteiger charge is -2.34. The van der Waals surface area contributed by atoms with Gasteiger partial charge >= 0.3 is 0 Å². The summed E-state index contributed by atoms with van der Waals surface area (Å²) >= 11 is 9.50. The van der Waals surface area contributed by atoms with Gasteiger partial charge in [0.05, 0.1) is 22.6 Å². The van der Waals surface area contributed by atoms with Crippen molar-refractivity contribution in [2.24, 2.45) is 0 Å². The van der Waals surface area contributed by atoms with E-state index in [0.29, 0.717) is 23.9 Å². The van der Waals surface area contributed by atoms with Crippen molar-refractivity contribution in [1.29, 1.82) is 0 Å². The van der Waals surface area contributed by atoms with Gasteiger partial charge in [0.1, 0.15) is 11.3 Å². The van der Waals surface area contributed by atoms with Crippen molar-refractivity contribution in [2.45, 2.75) is 11.8 Å². The molecule has 0 radical (unpaired) electrons. The number of halogens is 1. The SMILES string of the molecule is COc1ccc(Cl)c2sc(N3CCN(C(=O)CSc4ccc(C)cc4)CC3)nc12. The number of amides is 1. The van der Waals surface area contributed by atoms with Gasteiger partial charge < -0.3 is 14.5 Å². The van der Waals surface area contributed by atoms with Crippen LogP contribution < -0.4 is 9.64 Å². The van der Waals surface area contributed by atoms with Crippen molar-refractivity contribution in [1.82, 2.24) is 9.88 Å². The third-order valence-electron chi connectivity index (χ3n) is 4.95. The highest BCUT2D eigenvalue weighted by Crippen LogP contribution is 2.38. The molecule has 5 nitrogen and oxygen atoms in total. The molecule has 1 saturated heterocycles. The molecule has 0 bridgehead atoms. The first kappa shape index (κ1) is 20.3. The van der Waals surface area contributed by atoms with Crippen LogP contribution in [0.4, 0.5) is 5.13 Å². The lowest BCUT2D eigenvalue weighted by atomic mass is 10.2. The zero-order valence-corrected chi connectivity index (χ0v) is 18.7. The maximum atomic E-state index is 12.6. The zero-order chi connectivity index (χ0) is 20.4. The molecule has 1 fully saturated rings. The van der Waals surface area contributed by atoms with Crippen LogP contribution in [0, 0.1) is 6.92 Å². The molecule has 2 heterocycles. The van der Waals surface area contributed by atoms with E-state index >= 15 is 0 Å². The number of rotatable bonds is 5. The second-order valence-electron chi connectivity index (χ2n) is 6.89. The lowest BCUT2D eigenvalue weighted by molar-refractivity contribution is -0.128. The minimum Gasteiger partial charge on any atom is -0.494 e. The van der Waals surface area contributed by atoms with Gasteiger partial charge in [-0.1, -0.05) is 40.6 Å². The van der Waals surface area contributed by atoms with Crippen LogP contribution in [0.5, 0.6) is 5.75 Å². The third-order valence-corrected chi connectivity index (χ3v) is 7.53. The maximum Gasteiger partial charge on any atom is 0.233 e. The molecule has 0 unspecified atom stereocenters. The van der Waals surface area contributed by atoms with Gasteiger partial charge in [0.25, 0.3) is 0 Å². The van der Waals surface area contributed by atoms with E-state index in [1.807, 2.05) is 17.0 Å². The number of aryl methyl sites for hydroxylation is 1. The van der Waals surface area contributed by atoms with Crippen LogP contribution in [-0.2, 0) is 4.79 Å². The molecule has 0 atom stereocenters. The molecule has 8 heteroatoms. The summed E-state index contributed by atoms with van der Waals surface area (Å²) in [5.74, 6) is 1.38. The zero-order valence-electron chi connectivity index (χ0n) is 16.4. The molecule has 2 aromatic carbocycles. The molecule has 4 rings (SSSR count). The Morgan fingerprint density at radius 3 is 2.59 bits per heavy atom. The monoisotopic (exact) mass is 447 g/mol. The van der Waals surface area contributed by atoms with Gasteiger partial charge in [-0.3, -0.25) is 4.79 Å². The number of benzene rings is 2. The number of thiazole rings is 1. The highest BCUT2D eigenvalue weighted by atomic mass is 35.5. The van der Waals surface area contributed by atoms with Crippen molar-refractivity contribution >= 4 is 56.0 Å². The molecule has 0 N–H and O–H groups in total. The number of hydrogen-bond acceptors (Lipinski definition) is 6. The number of hydrogen-bond donors (Lipinski definition) is 0. The molecule has 152 valence electrons. The van der Waals surface area contributed by atoms with Crippen LogP contribution in [0.25, 0.3) is 10.2 Å². The van der Waals surface area contributed by atoms with E-state index in [2.05, 4.69) is 36.1 Å².